The number of aliphatic carboxylic acids is 1. The first-order chi connectivity index (χ1) is 8.47. The van der Waals surface area contributed by atoms with Gasteiger partial charge in [-0.2, -0.15) is 0 Å². The highest BCUT2D eigenvalue weighted by molar-refractivity contribution is 6.31. The lowest BCUT2D eigenvalue weighted by atomic mass is 9.69. The van der Waals surface area contributed by atoms with E-state index in [9.17, 15) is 15.0 Å². The first-order valence-electron chi connectivity index (χ1n) is 6.20. The molecule has 1 aromatic carbocycles. The highest BCUT2D eigenvalue weighted by Crippen LogP contribution is 2.44. The molecule has 1 fully saturated rings. The molecule has 0 amide bonds. The Kier molecular flexibility index (Phi) is 3.53. The maximum absolute atomic E-state index is 11.7. The van der Waals surface area contributed by atoms with Gasteiger partial charge in [0.15, 0.2) is 0 Å². The van der Waals surface area contributed by atoms with Gasteiger partial charge < -0.3 is 10.2 Å². The fraction of sp³-hybridized carbons (Fsp3) is 0.500. The Balaban J connectivity index is 2.55. The van der Waals surface area contributed by atoms with E-state index < -0.39 is 11.4 Å². The Morgan fingerprint density at radius 2 is 1.89 bits per heavy atom. The number of aromatic hydroxyl groups is 1. The Hall–Kier alpha value is -1.22. The van der Waals surface area contributed by atoms with Gasteiger partial charge in [-0.05, 0) is 37.5 Å². The summed E-state index contributed by atoms with van der Waals surface area (Å²) in [7, 11) is 0. The van der Waals surface area contributed by atoms with Crippen LogP contribution in [0.2, 0.25) is 5.02 Å². The van der Waals surface area contributed by atoms with Crippen molar-refractivity contribution in [2.45, 2.75) is 44.4 Å². The Bertz CT molecular complexity index is 476. The highest BCUT2D eigenvalue weighted by atomic mass is 35.5. The number of benzene rings is 1. The number of phenols is 1. The minimum atomic E-state index is -0.973. The number of halogens is 1. The largest absolute Gasteiger partial charge is 0.508 e. The molecule has 0 saturated heterocycles. The molecular formula is C14H17ClO3. The van der Waals surface area contributed by atoms with E-state index in [1.807, 2.05) is 0 Å². The van der Waals surface area contributed by atoms with Crippen LogP contribution in [-0.2, 0) is 10.2 Å². The molecular weight excluding hydrogens is 252 g/mol. The predicted molar refractivity (Wildman–Crippen MR) is 70.3 cm³/mol. The number of carboxylic acids is 1. The van der Waals surface area contributed by atoms with Crippen molar-refractivity contribution < 1.29 is 15.0 Å². The second-order valence-electron chi connectivity index (χ2n) is 5.07. The van der Waals surface area contributed by atoms with Gasteiger partial charge in [-0.25, -0.2) is 0 Å². The molecule has 3 nitrogen and oxygen atoms in total. The SMILES string of the molecule is Cc1cc(O)c(C2(C(=O)O)CCCCC2)cc1Cl. The van der Waals surface area contributed by atoms with Crippen molar-refractivity contribution in [3.63, 3.8) is 0 Å². The summed E-state index contributed by atoms with van der Waals surface area (Å²) in [5, 5.41) is 20.1. The summed E-state index contributed by atoms with van der Waals surface area (Å²) in [5.41, 5.74) is 0.249. The number of carboxylic acid groups (broad SMARTS) is 1. The fourth-order valence-corrected chi connectivity index (χ4v) is 2.97. The zero-order valence-corrected chi connectivity index (χ0v) is 11.1. The molecule has 0 aromatic heterocycles. The monoisotopic (exact) mass is 268 g/mol. The van der Waals surface area contributed by atoms with Gasteiger partial charge in [0, 0.05) is 10.6 Å². The molecule has 18 heavy (non-hydrogen) atoms. The molecule has 1 aliphatic carbocycles. The molecule has 0 atom stereocenters. The molecule has 0 bridgehead atoms. The van der Waals surface area contributed by atoms with Gasteiger partial charge >= 0.3 is 5.97 Å². The lowest BCUT2D eigenvalue weighted by molar-refractivity contribution is -0.145. The Labute approximate surface area is 111 Å². The van der Waals surface area contributed by atoms with Crippen LogP contribution in [0, 0.1) is 6.92 Å². The average Bonchev–Trinajstić information content (AvgIpc) is 2.34. The molecule has 1 aliphatic rings. The second kappa shape index (κ2) is 4.81. The predicted octanol–water partition coefficient (Wildman–Crippen LogP) is 3.64. The summed E-state index contributed by atoms with van der Waals surface area (Å²) in [5.74, 6) is -0.821. The van der Waals surface area contributed by atoms with Crippen molar-refractivity contribution in [3.05, 3.63) is 28.3 Å². The Morgan fingerprint density at radius 3 is 2.44 bits per heavy atom. The summed E-state index contributed by atoms with van der Waals surface area (Å²) in [6, 6.07) is 3.17. The summed E-state index contributed by atoms with van der Waals surface area (Å²) in [6.45, 7) is 1.79. The van der Waals surface area contributed by atoms with E-state index >= 15 is 0 Å². The van der Waals surface area contributed by atoms with Crippen molar-refractivity contribution in [2.75, 3.05) is 0 Å². The molecule has 98 valence electrons. The van der Waals surface area contributed by atoms with Crippen LogP contribution in [0.5, 0.6) is 5.75 Å². The number of rotatable bonds is 2. The van der Waals surface area contributed by atoms with Crippen LogP contribution >= 0.6 is 11.6 Å². The average molecular weight is 269 g/mol. The van der Waals surface area contributed by atoms with Gasteiger partial charge in [-0.15, -0.1) is 0 Å². The number of hydrogen-bond donors (Lipinski definition) is 2. The maximum atomic E-state index is 11.7. The quantitative estimate of drug-likeness (QED) is 0.861. The Morgan fingerprint density at radius 1 is 1.28 bits per heavy atom. The van der Waals surface area contributed by atoms with Crippen LogP contribution in [0.1, 0.15) is 43.2 Å². The van der Waals surface area contributed by atoms with Crippen LogP contribution in [0.15, 0.2) is 12.1 Å². The number of aryl methyl sites for hydroxylation is 1. The first kappa shape index (κ1) is 13.2. The molecule has 1 saturated carbocycles. The molecule has 0 spiro atoms. The van der Waals surface area contributed by atoms with Crippen LogP contribution in [-0.4, -0.2) is 16.2 Å². The van der Waals surface area contributed by atoms with Crippen molar-refractivity contribution >= 4 is 17.6 Å². The second-order valence-corrected chi connectivity index (χ2v) is 5.47. The first-order valence-corrected chi connectivity index (χ1v) is 6.58. The third-order valence-corrected chi connectivity index (χ3v) is 4.32. The molecule has 0 heterocycles. The van der Waals surface area contributed by atoms with E-state index in [4.69, 9.17) is 11.6 Å². The third-order valence-electron chi connectivity index (χ3n) is 3.91. The smallest absolute Gasteiger partial charge is 0.314 e. The van der Waals surface area contributed by atoms with E-state index in [-0.39, 0.29) is 5.75 Å². The lowest BCUT2D eigenvalue weighted by Crippen LogP contribution is -2.37. The molecule has 0 aliphatic heterocycles. The van der Waals surface area contributed by atoms with Crippen LogP contribution in [0.3, 0.4) is 0 Å². The third kappa shape index (κ3) is 2.07. The summed E-state index contributed by atoms with van der Waals surface area (Å²) in [4.78, 5) is 11.7. The summed E-state index contributed by atoms with van der Waals surface area (Å²) >= 11 is 6.07. The van der Waals surface area contributed by atoms with Gasteiger partial charge in [0.25, 0.3) is 0 Å². The van der Waals surface area contributed by atoms with Crippen molar-refractivity contribution in [1.29, 1.82) is 0 Å². The summed E-state index contributed by atoms with van der Waals surface area (Å²) < 4.78 is 0. The molecule has 4 heteroatoms. The van der Waals surface area contributed by atoms with Crippen LogP contribution < -0.4 is 0 Å². The minimum Gasteiger partial charge on any atom is -0.508 e. The lowest BCUT2D eigenvalue weighted by Gasteiger charge is -2.34. The number of carbonyl (C=O) groups is 1. The zero-order chi connectivity index (χ0) is 13.3. The highest BCUT2D eigenvalue weighted by Gasteiger charge is 2.43. The van der Waals surface area contributed by atoms with Gasteiger partial charge in [0.1, 0.15) is 5.75 Å². The van der Waals surface area contributed by atoms with Gasteiger partial charge in [0.05, 0.1) is 5.41 Å². The van der Waals surface area contributed by atoms with Gasteiger partial charge in [-0.1, -0.05) is 30.9 Å². The van der Waals surface area contributed by atoms with Crippen molar-refractivity contribution in [2.24, 2.45) is 0 Å². The molecule has 0 unspecified atom stereocenters. The molecule has 0 radical (unpaired) electrons. The van der Waals surface area contributed by atoms with Crippen LogP contribution in [0.25, 0.3) is 0 Å². The van der Waals surface area contributed by atoms with E-state index in [0.29, 0.717) is 23.4 Å². The minimum absolute atomic E-state index is 0.0428. The van der Waals surface area contributed by atoms with Crippen LogP contribution in [0.4, 0.5) is 0 Å². The van der Waals surface area contributed by atoms with Crippen molar-refractivity contribution in [3.8, 4) is 5.75 Å². The van der Waals surface area contributed by atoms with Crippen molar-refractivity contribution in [1.82, 2.24) is 0 Å². The zero-order valence-electron chi connectivity index (χ0n) is 10.4. The fourth-order valence-electron chi connectivity index (χ4n) is 2.80. The van der Waals surface area contributed by atoms with E-state index in [2.05, 4.69) is 0 Å². The molecule has 1 aromatic rings. The standard InChI is InChI=1S/C14H17ClO3/c1-9-7-12(16)10(8-11(9)15)14(13(17)18)5-3-2-4-6-14/h7-8,16H,2-6H2,1H3,(H,17,18). The molecule has 2 rings (SSSR count). The molecule has 2 N–H and O–H groups in total. The topological polar surface area (TPSA) is 57.5 Å². The van der Waals surface area contributed by atoms with E-state index in [1.165, 1.54) is 0 Å². The maximum Gasteiger partial charge on any atom is 0.314 e. The normalized spacial score (nSPS) is 18.6. The van der Waals surface area contributed by atoms with E-state index in [0.717, 1.165) is 24.8 Å². The van der Waals surface area contributed by atoms with Gasteiger partial charge in [0.2, 0.25) is 0 Å². The summed E-state index contributed by atoms with van der Waals surface area (Å²) in [6.07, 6.45) is 3.93. The van der Waals surface area contributed by atoms with Gasteiger partial charge in [-0.3, -0.25) is 4.79 Å². The number of phenolic OH excluding ortho intramolecular Hbond substituents is 1. The number of hydrogen-bond acceptors (Lipinski definition) is 2. The van der Waals surface area contributed by atoms with E-state index in [1.54, 1.807) is 19.1 Å².